The van der Waals surface area contributed by atoms with Gasteiger partial charge in [-0.2, -0.15) is 5.10 Å². The fraction of sp³-hybridized carbons (Fsp3) is 0.273. The van der Waals surface area contributed by atoms with E-state index < -0.39 is 6.67 Å². The van der Waals surface area contributed by atoms with Crippen LogP contribution >= 0.6 is 0 Å². The summed E-state index contributed by atoms with van der Waals surface area (Å²) in [6.45, 7) is 1.88. The fourth-order valence-corrected chi connectivity index (χ4v) is 3.22. The molecule has 3 heterocycles. The number of fused-ring (bicyclic) bond motifs is 1. The Bertz CT molecular complexity index is 1340. The third-order valence-corrected chi connectivity index (χ3v) is 4.71. The predicted octanol–water partition coefficient (Wildman–Crippen LogP) is 2.92. The Balaban J connectivity index is 1.58. The maximum atomic E-state index is 13.3. The Hall–Kier alpha value is -3.93. The lowest BCUT2D eigenvalue weighted by molar-refractivity contribution is 0.414. The highest BCUT2D eigenvalue weighted by atomic mass is 19.1. The van der Waals surface area contributed by atoms with Crippen molar-refractivity contribution in [1.29, 1.82) is 0 Å². The first kappa shape index (κ1) is 20.3. The second kappa shape index (κ2) is 8.83. The number of hydrogen-bond donors (Lipinski definition) is 1. The lowest BCUT2D eigenvalue weighted by atomic mass is 10.2. The SMILES string of the molecule is CCCn1c(CF)nc2nc(-c3cnn(CC#Cc4cccc(OC)c4)c3)[nH]c2c1=O. The highest BCUT2D eigenvalue weighted by Gasteiger charge is 2.16. The average molecular weight is 420 g/mol. The molecule has 158 valence electrons. The zero-order chi connectivity index (χ0) is 21.8. The number of imidazole rings is 1. The Kier molecular flexibility index (Phi) is 5.80. The summed E-state index contributed by atoms with van der Waals surface area (Å²) >= 11 is 0. The number of hydrogen-bond acceptors (Lipinski definition) is 5. The summed E-state index contributed by atoms with van der Waals surface area (Å²) in [5.41, 5.74) is 1.66. The molecule has 0 aliphatic rings. The highest BCUT2D eigenvalue weighted by Crippen LogP contribution is 2.18. The summed E-state index contributed by atoms with van der Waals surface area (Å²) in [7, 11) is 1.61. The molecular weight excluding hydrogens is 399 g/mol. The van der Waals surface area contributed by atoms with Crippen molar-refractivity contribution in [1.82, 2.24) is 29.3 Å². The monoisotopic (exact) mass is 420 g/mol. The number of halogens is 1. The zero-order valence-electron chi connectivity index (χ0n) is 17.2. The van der Waals surface area contributed by atoms with Gasteiger partial charge in [-0.15, -0.1) is 0 Å². The Morgan fingerprint density at radius 1 is 1.29 bits per heavy atom. The van der Waals surface area contributed by atoms with Crippen molar-refractivity contribution in [2.24, 2.45) is 0 Å². The van der Waals surface area contributed by atoms with Gasteiger partial charge in [-0.3, -0.25) is 14.0 Å². The standard InChI is InChI=1S/C22H21FN6O2/c1-3-9-29-18(12-23)25-21-19(22(29)30)26-20(27-21)16-13-24-28(14-16)10-5-7-15-6-4-8-17(11-15)31-2/h4,6,8,11,13-14H,3,9-10,12H2,1-2H3,(H,26,27). The van der Waals surface area contributed by atoms with Crippen LogP contribution in [0.15, 0.2) is 41.5 Å². The van der Waals surface area contributed by atoms with Gasteiger partial charge >= 0.3 is 0 Å². The third-order valence-electron chi connectivity index (χ3n) is 4.71. The van der Waals surface area contributed by atoms with Crippen LogP contribution in [0.5, 0.6) is 5.75 Å². The van der Waals surface area contributed by atoms with Gasteiger partial charge in [-0.25, -0.2) is 14.4 Å². The number of H-pyrrole nitrogens is 1. The summed E-state index contributed by atoms with van der Waals surface area (Å²) in [6.07, 6.45) is 4.11. The minimum absolute atomic E-state index is 0.0842. The molecule has 4 rings (SSSR count). The van der Waals surface area contributed by atoms with Gasteiger partial charge < -0.3 is 9.72 Å². The van der Waals surface area contributed by atoms with Gasteiger partial charge in [0.2, 0.25) is 0 Å². The minimum Gasteiger partial charge on any atom is -0.497 e. The number of nitrogens with one attached hydrogen (secondary N) is 1. The molecule has 0 aliphatic heterocycles. The number of methoxy groups -OCH3 is 1. The molecule has 0 radical (unpaired) electrons. The number of benzene rings is 1. The Morgan fingerprint density at radius 2 is 2.16 bits per heavy atom. The Morgan fingerprint density at radius 3 is 2.94 bits per heavy atom. The van der Waals surface area contributed by atoms with E-state index in [1.165, 1.54) is 4.57 Å². The molecule has 0 saturated carbocycles. The smallest absolute Gasteiger partial charge is 0.279 e. The number of aromatic amines is 1. The van der Waals surface area contributed by atoms with Crippen molar-refractivity contribution in [2.45, 2.75) is 33.1 Å². The van der Waals surface area contributed by atoms with Gasteiger partial charge in [0.15, 0.2) is 11.2 Å². The van der Waals surface area contributed by atoms with Crippen LogP contribution in [0.25, 0.3) is 22.6 Å². The zero-order valence-corrected chi connectivity index (χ0v) is 17.2. The predicted molar refractivity (Wildman–Crippen MR) is 114 cm³/mol. The Labute approximate surface area is 177 Å². The quantitative estimate of drug-likeness (QED) is 0.485. The molecule has 0 atom stereocenters. The van der Waals surface area contributed by atoms with Crippen LogP contribution < -0.4 is 10.3 Å². The molecule has 4 aromatic rings. The van der Waals surface area contributed by atoms with E-state index in [4.69, 9.17) is 4.74 Å². The molecule has 0 unspecified atom stereocenters. The molecule has 0 spiro atoms. The molecule has 0 aliphatic carbocycles. The fourth-order valence-electron chi connectivity index (χ4n) is 3.22. The van der Waals surface area contributed by atoms with E-state index in [-0.39, 0.29) is 22.5 Å². The molecule has 1 aromatic carbocycles. The second-order valence-electron chi connectivity index (χ2n) is 6.86. The first-order valence-corrected chi connectivity index (χ1v) is 9.84. The van der Waals surface area contributed by atoms with Crippen molar-refractivity contribution < 1.29 is 9.13 Å². The van der Waals surface area contributed by atoms with E-state index in [2.05, 4.69) is 31.9 Å². The molecule has 31 heavy (non-hydrogen) atoms. The van der Waals surface area contributed by atoms with Gasteiger partial charge in [0, 0.05) is 18.3 Å². The number of alkyl halides is 1. The van der Waals surface area contributed by atoms with E-state index >= 15 is 0 Å². The van der Waals surface area contributed by atoms with Crippen molar-refractivity contribution in [2.75, 3.05) is 7.11 Å². The van der Waals surface area contributed by atoms with E-state index in [1.54, 1.807) is 24.2 Å². The van der Waals surface area contributed by atoms with E-state index in [9.17, 15) is 9.18 Å². The van der Waals surface area contributed by atoms with Crippen LogP contribution in [0.4, 0.5) is 4.39 Å². The van der Waals surface area contributed by atoms with Crippen molar-refractivity contribution >= 4 is 11.2 Å². The molecule has 1 N–H and O–H groups in total. The summed E-state index contributed by atoms with van der Waals surface area (Å²) in [5.74, 6) is 7.42. The van der Waals surface area contributed by atoms with Crippen LogP contribution in [0.1, 0.15) is 24.7 Å². The molecule has 0 saturated heterocycles. The summed E-state index contributed by atoms with van der Waals surface area (Å²) < 4.78 is 21.6. The first-order valence-electron chi connectivity index (χ1n) is 9.84. The summed E-state index contributed by atoms with van der Waals surface area (Å²) in [5, 5.41) is 4.30. The normalized spacial score (nSPS) is 10.8. The highest BCUT2D eigenvalue weighted by molar-refractivity contribution is 5.74. The molecule has 0 amide bonds. The van der Waals surface area contributed by atoms with Crippen LogP contribution in [0.3, 0.4) is 0 Å². The van der Waals surface area contributed by atoms with Crippen LogP contribution in [-0.4, -0.2) is 36.4 Å². The van der Waals surface area contributed by atoms with Gasteiger partial charge in [-0.05, 0) is 24.6 Å². The van der Waals surface area contributed by atoms with Gasteiger partial charge in [0.05, 0.1) is 18.9 Å². The van der Waals surface area contributed by atoms with Crippen LogP contribution in [-0.2, 0) is 19.8 Å². The van der Waals surface area contributed by atoms with Gasteiger partial charge in [-0.1, -0.05) is 24.8 Å². The molecule has 3 aromatic heterocycles. The number of ether oxygens (including phenoxy) is 1. The summed E-state index contributed by atoms with van der Waals surface area (Å²) in [4.78, 5) is 24.3. The molecule has 0 bridgehead atoms. The van der Waals surface area contributed by atoms with Gasteiger partial charge in [0.25, 0.3) is 5.56 Å². The number of nitrogens with zero attached hydrogens (tertiary/aromatic N) is 5. The molecule has 8 nitrogen and oxygen atoms in total. The molecule has 9 heteroatoms. The van der Waals surface area contributed by atoms with E-state index in [0.717, 1.165) is 11.3 Å². The topological polar surface area (TPSA) is 90.6 Å². The summed E-state index contributed by atoms with van der Waals surface area (Å²) in [6, 6.07) is 7.51. The lowest BCUT2D eigenvalue weighted by Gasteiger charge is -2.07. The second-order valence-corrected chi connectivity index (χ2v) is 6.86. The van der Waals surface area contributed by atoms with Gasteiger partial charge in [0.1, 0.15) is 30.6 Å². The molecule has 0 fully saturated rings. The number of aromatic nitrogens is 6. The largest absolute Gasteiger partial charge is 0.497 e. The third kappa shape index (κ3) is 4.19. The van der Waals surface area contributed by atoms with Crippen LogP contribution in [0, 0.1) is 11.8 Å². The minimum atomic E-state index is -0.822. The maximum Gasteiger partial charge on any atom is 0.279 e. The van der Waals surface area contributed by atoms with Crippen molar-refractivity contribution in [3.8, 4) is 29.0 Å². The maximum absolute atomic E-state index is 13.3. The van der Waals surface area contributed by atoms with Crippen LogP contribution in [0.2, 0.25) is 0 Å². The molecular formula is C22H21FN6O2. The van der Waals surface area contributed by atoms with E-state index in [0.29, 0.717) is 30.9 Å². The first-order chi connectivity index (χ1) is 15.1. The van der Waals surface area contributed by atoms with Crippen molar-refractivity contribution in [3.05, 3.63) is 58.4 Å². The number of rotatable bonds is 6. The van der Waals surface area contributed by atoms with E-state index in [1.807, 2.05) is 31.2 Å². The average Bonchev–Trinajstić information content (AvgIpc) is 3.43. The van der Waals surface area contributed by atoms with Crippen molar-refractivity contribution in [3.63, 3.8) is 0 Å². The lowest BCUT2D eigenvalue weighted by Crippen LogP contribution is -2.25.